The van der Waals surface area contributed by atoms with E-state index in [-0.39, 0.29) is 11.9 Å². The Hall–Kier alpha value is -0.410. The summed E-state index contributed by atoms with van der Waals surface area (Å²) in [7, 11) is 0. The van der Waals surface area contributed by atoms with Gasteiger partial charge in [0.2, 0.25) is 0 Å². The third kappa shape index (κ3) is 2.79. The van der Waals surface area contributed by atoms with E-state index in [4.69, 9.17) is 5.73 Å². The van der Waals surface area contributed by atoms with Gasteiger partial charge in [-0.25, -0.2) is 4.39 Å². The van der Waals surface area contributed by atoms with E-state index in [1.165, 1.54) is 0 Å². The van der Waals surface area contributed by atoms with Gasteiger partial charge in [-0.2, -0.15) is 0 Å². The zero-order valence-corrected chi connectivity index (χ0v) is 10.7. The lowest BCUT2D eigenvalue weighted by molar-refractivity contribution is 0.393. The highest BCUT2D eigenvalue weighted by Crippen LogP contribution is 2.29. The molecule has 0 radical (unpaired) electrons. The van der Waals surface area contributed by atoms with E-state index in [1.807, 2.05) is 6.07 Å². The molecule has 0 saturated heterocycles. The Labute approximate surface area is 99.0 Å². The lowest BCUT2D eigenvalue weighted by Gasteiger charge is -2.22. The van der Waals surface area contributed by atoms with Crippen molar-refractivity contribution in [1.29, 1.82) is 0 Å². The Morgan fingerprint density at radius 3 is 2.47 bits per heavy atom. The summed E-state index contributed by atoms with van der Waals surface area (Å²) in [6.07, 6.45) is 1.95. The van der Waals surface area contributed by atoms with Crippen molar-refractivity contribution in [2.24, 2.45) is 11.7 Å². The molecule has 0 fully saturated rings. The van der Waals surface area contributed by atoms with Crippen molar-refractivity contribution in [2.45, 2.75) is 32.7 Å². The molecular weight excluding hydrogens is 257 g/mol. The van der Waals surface area contributed by atoms with E-state index >= 15 is 0 Å². The van der Waals surface area contributed by atoms with Crippen LogP contribution in [0, 0.1) is 11.7 Å². The Bertz CT molecular complexity index is 323. The Balaban J connectivity index is 2.99. The standard InChI is InChI=1S/C12H17BrFN/c1-3-8(4-2)12(15)9-6-5-7-10(13)11(9)14/h5-8,12H,3-4,15H2,1-2H3. The molecule has 0 saturated carbocycles. The van der Waals surface area contributed by atoms with Gasteiger partial charge < -0.3 is 5.73 Å². The highest BCUT2D eigenvalue weighted by atomic mass is 79.9. The van der Waals surface area contributed by atoms with Crippen LogP contribution in [0.2, 0.25) is 0 Å². The van der Waals surface area contributed by atoms with E-state index in [9.17, 15) is 4.39 Å². The van der Waals surface area contributed by atoms with Crippen LogP contribution in [-0.2, 0) is 0 Å². The lowest BCUT2D eigenvalue weighted by atomic mass is 9.89. The quantitative estimate of drug-likeness (QED) is 0.881. The topological polar surface area (TPSA) is 26.0 Å². The normalized spacial score (nSPS) is 13.2. The first-order chi connectivity index (χ1) is 7.11. The first-order valence-corrected chi connectivity index (χ1v) is 6.10. The number of rotatable bonds is 4. The van der Waals surface area contributed by atoms with Gasteiger partial charge in [-0.15, -0.1) is 0 Å². The number of halogens is 2. The molecule has 0 aromatic heterocycles. The molecule has 0 heterocycles. The molecule has 0 amide bonds. The number of benzene rings is 1. The van der Waals surface area contributed by atoms with E-state index in [0.29, 0.717) is 16.0 Å². The predicted octanol–water partition coefficient (Wildman–Crippen LogP) is 4.02. The van der Waals surface area contributed by atoms with Crippen LogP contribution in [0.3, 0.4) is 0 Å². The third-order valence-corrected chi connectivity index (χ3v) is 3.51. The highest BCUT2D eigenvalue weighted by molar-refractivity contribution is 9.10. The maximum atomic E-state index is 13.8. The van der Waals surface area contributed by atoms with Crippen molar-refractivity contribution in [3.63, 3.8) is 0 Å². The lowest BCUT2D eigenvalue weighted by Crippen LogP contribution is -2.21. The van der Waals surface area contributed by atoms with Gasteiger partial charge in [0.1, 0.15) is 5.82 Å². The molecule has 1 unspecified atom stereocenters. The minimum atomic E-state index is -0.225. The predicted molar refractivity (Wildman–Crippen MR) is 65.1 cm³/mol. The summed E-state index contributed by atoms with van der Waals surface area (Å²) in [5.41, 5.74) is 6.68. The molecule has 84 valence electrons. The van der Waals surface area contributed by atoms with Crippen molar-refractivity contribution in [2.75, 3.05) is 0 Å². The molecule has 0 spiro atoms. The molecule has 1 atom stereocenters. The average Bonchev–Trinajstić information content (AvgIpc) is 2.23. The van der Waals surface area contributed by atoms with Gasteiger partial charge in [0, 0.05) is 11.6 Å². The van der Waals surface area contributed by atoms with E-state index in [1.54, 1.807) is 12.1 Å². The van der Waals surface area contributed by atoms with Gasteiger partial charge >= 0.3 is 0 Å². The number of hydrogen-bond donors (Lipinski definition) is 1. The van der Waals surface area contributed by atoms with E-state index in [0.717, 1.165) is 12.8 Å². The molecule has 1 rings (SSSR count). The first kappa shape index (κ1) is 12.7. The summed E-state index contributed by atoms with van der Waals surface area (Å²) >= 11 is 3.18. The molecule has 0 aliphatic heterocycles. The monoisotopic (exact) mass is 273 g/mol. The third-order valence-electron chi connectivity index (χ3n) is 2.90. The first-order valence-electron chi connectivity index (χ1n) is 5.31. The van der Waals surface area contributed by atoms with Crippen LogP contribution in [-0.4, -0.2) is 0 Å². The second kappa shape index (κ2) is 5.61. The zero-order valence-electron chi connectivity index (χ0n) is 9.13. The molecular formula is C12H17BrFN. The summed E-state index contributed by atoms with van der Waals surface area (Å²) in [4.78, 5) is 0. The van der Waals surface area contributed by atoms with Crippen molar-refractivity contribution in [1.82, 2.24) is 0 Å². The Kier molecular flexibility index (Phi) is 4.74. The van der Waals surface area contributed by atoms with Gasteiger partial charge in [0.15, 0.2) is 0 Å². The highest BCUT2D eigenvalue weighted by Gasteiger charge is 2.20. The van der Waals surface area contributed by atoms with Gasteiger partial charge in [-0.3, -0.25) is 0 Å². The van der Waals surface area contributed by atoms with Crippen molar-refractivity contribution < 1.29 is 4.39 Å². The Morgan fingerprint density at radius 2 is 1.93 bits per heavy atom. The second-order valence-corrected chi connectivity index (χ2v) is 4.60. The SMILES string of the molecule is CCC(CC)C(N)c1cccc(Br)c1F. The van der Waals surface area contributed by atoms with Crippen LogP contribution in [0.1, 0.15) is 38.3 Å². The van der Waals surface area contributed by atoms with Crippen molar-refractivity contribution in [3.8, 4) is 0 Å². The summed E-state index contributed by atoms with van der Waals surface area (Å²) in [5, 5.41) is 0. The van der Waals surface area contributed by atoms with Gasteiger partial charge in [-0.05, 0) is 27.9 Å². The molecule has 0 bridgehead atoms. The van der Waals surface area contributed by atoms with Crippen molar-refractivity contribution in [3.05, 3.63) is 34.1 Å². The van der Waals surface area contributed by atoms with Crippen LogP contribution in [0.25, 0.3) is 0 Å². The molecule has 1 aromatic rings. The molecule has 1 nitrogen and oxygen atoms in total. The fourth-order valence-electron chi connectivity index (χ4n) is 1.83. The van der Waals surface area contributed by atoms with Crippen LogP contribution in [0.4, 0.5) is 4.39 Å². The summed E-state index contributed by atoms with van der Waals surface area (Å²) < 4.78 is 14.2. The van der Waals surface area contributed by atoms with E-state index < -0.39 is 0 Å². The molecule has 2 N–H and O–H groups in total. The maximum absolute atomic E-state index is 13.8. The number of nitrogens with two attached hydrogens (primary N) is 1. The second-order valence-electron chi connectivity index (χ2n) is 3.75. The summed E-state index contributed by atoms with van der Waals surface area (Å²) in [6, 6.07) is 5.07. The van der Waals surface area contributed by atoms with Gasteiger partial charge in [0.05, 0.1) is 4.47 Å². The fourth-order valence-corrected chi connectivity index (χ4v) is 2.21. The minimum absolute atomic E-state index is 0.211. The maximum Gasteiger partial charge on any atom is 0.142 e. The molecule has 1 aromatic carbocycles. The summed E-state index contributed by atoms with van der Waals surface area (Å²) in [6.45, 7) is 4.17. The van der Waals surface area contributed by atoms with Crippen LogP contribution < -0.4 is 5.73 Å². The van der Waals surface area contributed by atoms with Gasteiger partial charge in [0.25, 0.3) is 0 Å². The fraction of sp³-hybridized carbons (Fsp3) is 0.500. The van der Waals surface area contributed by atoms with E-state index in [2.05, 4.69) is 29.8 Å². The zero-order chi connectivity index (χ0) is 11.4. The van der Waals surface area contributed by atoms with Crippen molar-refractivity contribution >= 4 is 15.9 Å². The van der Waals surface area contributed by atoms with Crippen LogP contribution >= 0.6 is 15.9 Å². The number of hydrogen-bond acceptors (Lipinski definition) is 1. The largest absolute Gasteiger partial charge is 0.324 e. The molecule has 0 aliphatic carbocycles. The Morgan fingerprint density at radius 1 is 1.33 bits per heavy atom. The molecule has 3 heteroatoms. The van der Waals surface area contributed by atoms with Crippen LogP contribution in [0.15, 0.2) is 22.7 Å². The molecule has 15 heavy (non-hydrogen) atoms. The average molecular weight is 274 g/mol. The van der Waals surface area contributed by atoms with Gasteiger partial charge in [-0.1, -0.05) is 38.8 Å². The smallest absolute Gasteiger partial charge is 0.142 e. The summed E-state index contributed by atoms with van der Waals surface area (Å²) in [5.74, 6) is 0.116. The van der Waals surface area contributed by atoms with Crippen LogP contribution in [0.5, 0.6) is 0 Å². The molecule has 0 aliphatic rings. The minimum Gasteiger partial charge on any atom is -0.324 e.